The van der Waals surface area contributed by atoms with Gasteiger partial charge in [-0.2, -0.15) is 0 Å². The van der Waals surface area contributed by atoms with Gasteiger partial charge in [0, 0.05) is 11.8 Å². The van der Waals surface area contributed by atoms with Crippen LogP contribution in [0.5, 0.6) is 0 Å². The second-order valence-electron chi connectivity index (χ2n) is 7.61. The Morgan fingerprint density at radius 2 is 1.77 bits per heavy atom. The quantitative estimate of drug-likeness (QED) is 0.482. The van der Waals surface area contributed by atoms with E-state index in [-0.39, 0.29) is 16.5 Å². The minimum absolute atomic E-state index is 0.0164. The smallest absolute Gasteiger partial charge is 0.337 e. The van der Waals surface area contributed by atoms with Gasteiger partial charge < -0.3 is 5.11 Å². The third-order valence-corrected chi connectivity index (χ3v) is 6.07. The number of rotatable bonds is 6. The Labute approximate surface area is 178 Å². The van der Waals surface area contributed by atoms with Crippen molar-refractivity contribution in [3.8, 4) is 0 Å². The van der Waals surface area contributed by atoms with E-state index in [1.807, 2.05) is 42.5 Å². The number of aromatic nitrogens is 2. The number of hydrogen-bond donors (Lipinski definition) is 1. The number of nitrogens with zero attached hydrogens (tertiary/aromatic N) is 2. The number of benzene rings is 2. The van der Waals surface area contributed by atoms with E-state index >= 15 is 0 Å². The number of carboxylic acid groups (broad SMARTS) is 1. The lowest BCUT2D eigenvalue weighted by atomic mass is 10.0. The number of carbonyl (C=O) groups is 1. The fourth-order valence-corrected chi connectivity index (χ4v) is 4.41. The van der Waals surface area contributed by atoms with Gasteiger partial charge in [-0.05, 0) is 22.6 Å². The molecule has 0 fully saturated rings. The summed E-state index contributed by atoms with van der Waals surface area (Å²) >= 11 is 1.20. The van der Waals surface area contributed by atoms with Crippen molar-refractivity contribution in [3.63, 3.8) is 0 Å². The zero-order valence-corrected chi connectivity index (χ0v) is 17.6. The fourth-order valence-electron chi connectivity index (χ4n) is 3.49. The Morgan fingerprint density at radius 3 is 2.40 bits per heavy atom. The molecular formula is C24H22N2O3S. The lowest BCUT2D eigenvalue weighted by molar-refractivity contribution is 0.0699. The highest BCUT2D eigenvalue weighted by Gasteiger charge is 2.20. The summed E-state index contributed by atoms with van der Waals surface area (Å²) in [4.78, 5) is 30.1. The first-order valence-electron chi connectivity index (χ1n) is 9.81. The van der Waals surface area contributed by atoms with Crippen LogP contribution in [-0.2, 0) is 13.0 Å². The van der Waals surface area contributed by atoms with Gasteiger partial charge in [-0.1, -0.05) is 68.4 Å². The molecule has 0 amide bonds. The van der Waals surface area contributed by atoms with Gasteiger partial charge in [-0.25, -0.2) is 9.78 Å². The summed E-state index contributed by atoms with van der Waals surface area (Å²) in [5.41, 5.74) is 2.96. The van der Waals surface area contributed by atoms with E-state index in [0.717, 1.165) is 11.1 Å². The van der Waals surface area contributed by atoms with Crippen molar-refractivity contribution in [1.29, 1.82) is 0 Å². The first-order valence-corrected chi connectivity index (χ1v) is 10.7. The van der Waals surface area contributed by atoms with Crippen LogP contribution in [0.4, 0.5) is 0 Å². The topological polar surface area (TPSA) is 72.2 Å². The van der Waals surface area contributed by atoms with Crippen LogP contribution in [0.15, 0.2) is 64.8 Å². The third-order valence-electron chi connectivity index (χ3n) is 5.20. The summed E-state index contributed by atoms with van der Waals surface area (Å²) in [6.45, 7) is 4.62. The van der Waals surface area contributed by atoms with Crippen LogP contribution in [0.3, 0.4) is 0 Å². The predicted octanol–water partition coefficient (Wildman–Crippen LogP) is 4.92. The maximum atomic E-state index is 13.4. The molecule has 4 aromatic rings. The van der Waals surface area contributed by atoms with Gasteiger partial charge in [0.05, 0.1) is 17.5 Å². The van der Waals surface area contributed by atoms with E-state index < -0.39 is 5.97 Å². The molecule has 0 aliphatic rings. The van der Waals surface area contributed by atoms with Gasteiger partial charge in [0.1, 0.15) is 10.7 Å². The van der Waals surface area contributed by atoms with Gasteiger partial charge >= 0.3 is 5.97 Å². The van der Waals surface area contributed by atoms with Gasteiger partial charge in [0.2, 0.25) is 0 Å². The lowest BCUT2D eigenvalue weighted by Crippen LogP contribution is -2.26. The first kappa shape index (κ1) is 20.0. The van der Waals surface area contributed by atoms with Crippen LogP contribution in [0.1, 0.15) is 52.6 Å². The molecule has 0 unspecified atom stereocenters. The molecule has 0 bridgehead atoms. The highest BCUT2D eigenvalue weighted by Crippen LogP contribution is 2.23. The number of thiophene rings is 1. The van der Waals surface area contributed by atoms with E-state index in [4.69, 9.17) is 4.98 Å². The minimum atomic E-state index is -1.11. The summed E-state index contributed by atoms with van der Waals surface area (Å²) in [6, 6.07) is 18.0. The SMILES string of the molecule is CC(C)c1ccc(Cn2c(Cc3ccccc3)nc3scc(C(=O)O)c3c2=O)cc1. The van der Waals surface area contributed by atoms with E-state index in [2.05, 4.69) is 26.0 Å². The zero-order valence-electron chi connectivity index (χ0n) is 16.8. The Hall–Kier alpha value is -3.25. The van der Waals surface area contributed by atoms with Crippen LogP contribution in [0.2, 0.25) is 0 Å². The molecule has 0 saturated heterocycles. The van der Waals surface area contributed by atoms with E-state index in [1.54, 1.807) is 4.57 Å². The number of fused-ring (bicyclic) bond motifs is 1. The third kappa shape index (κ3) is 3.91. The number of carboxylic acids is 1. The molecular weight excluding hydrogens is 396 g/mol. The fraction of sp³-hybridized carbons (Fsp3) is 0.208. The molecule has 2 aromatic heterocycles. The lowest BCUT2D eigenvalue weighted by Gasteiger charge is -2.14. The Balaban J connectivity index is 1.84. The van der Waals surface area contributed by atoms with Gasteiger partial charge in [-0.3, -0.25) is 9.36 Å². The molecule has 152 valence electrons. The molecule has 2 heterocycles. The van der Waals surface area contributed by atoms with Gasteiger partial charge in [0.15, 0.2) is 0 Å². The summed E-state index contributed by atoms with van der Waals surface area (Å²) in [6.07, 6.45) is 0.496. The second kappa shape index (κ2) is 8.24. The van der Waals surface area contributed by atoms with Crippen LogP contribution < -0.4 is 5.56 Å². The molecule has 5 nitrogen and oxygen atoms in total. The normalized spacial score (nSPS) is 11.3. The van der Waals surface area contributed by atoms with Crippen LogP contribution >= 0.6 is 11.3 Å². The maximum Gasteiger partial charge on any atom is 0.337 e. The van der Waals surface area contributed by atoms with Crippen molar-refractivity contribution in [1.82, 2.24) is 9.55 Å². The molecule has 0 radical (unpaired) electrons. The Bertz CT molecular complexity index is 1260. The second-order valence-corrected chi connectivity index (χ2v) is 8.47. The highest BCUT2D eigenvalue weighted by molar-refractivity contribution is 7.17. The average molecular weight is 419 g/mol. The molecule has 4 rings (SSSR count). The van der Waals surface area contributed by atoms with Crippen LogP contribution in [0.25, 0.3) is 10.2 Å². The zero-order chi connectivity index (χ0) is 21.3. The van der Waals surface area contributed by atoms with Crippen molar-refractivity contribution in [2.24, 2.45) is 0 Å². The average Bonchev–Trinajstić information content (AvgIpc) is 3.16. The molecule has 0 spiro atoms. The number of hydrogen-bond acceptors (Lipinski definition) is 4. The van der Waals surface area contributed by atoms with Crippen molar-refractivity contribution in [3.05, 3.63) is 98.4 Å². The molecule has 0 aliphatic carbocycles. The number of aromatic carboxylic acids is 1. The van der Waals surface area contributed by atoms with E-state index in [1.165, 1.54) is 22.3 Å². The van der Waals surface area contributed by atoms with E-state index in [0.29, 0.717) is 29.5 Å². The van der Waals surface area contributed by atoms with Crippen LogP contribution in [0, 0.1) is 0 Å². The minimum Gasteiger partial charge on any atom is -0.478 e. The standard InChI is InChI=1S/C24H22N2O3S/c1-15(2)18-10-8-17(9-11-18)13-26-20(12-16-6-4-3-5-7-16)25-22-21(23(26)27)19(14-30-22)24(28)29/h3-11,14-15H,12-13H2,1-2H3,(H,28,29). The molecule has 0 saturated carbocycles. The Kier molecular flexibility index (Phi) is 5.50. The van der Waals surface area contributed by atoms with Crippen molar-refractivity contribution in [2.75, 3.05) is 0 Å². The summed E-state index contributed by atoms with van der Waals surface area (Å²) in [5, 5.41) is 11.2. The predicted molar refractivity (Wildman–Crippen MR) is 120 cm³/mol. The molecule has 0 atom stereocenters. The summed E-state index contributed by atoms with van der Waals surface area (Å²) in [7, 11) is 0. The highest BCUT2D eigenvalue weighted by atomic mass is 32.1. The van der Waals surface area contributed by atoms with Crippen molar-refractivity contribution < 1.29 is 9.90 Å². The maximum absolute atomic E-state index is 13.4. The van der Waals surface area contributed by atoms with Gasteiger partial charge in [-0.15, -0.1) is 11.3 Å². The monoisotopic (exact) mass is 418 g/mol. The molecule has 6 heteroatoms. The molecule has 30 heavy (non-hydrogen) atoms. The Morgan fingerprint density at radius 1 is 1.07 bits per heavy atom. The van der Waals surface area contributed by atoms with E-state index in [9.17, 15) is 14.7 Å². The molecule has 2 aromatic carbocycles. The first-order chi connectivity index (χ1) is 14.4. The molecule has 1 N–H and O–H groups in total. The van der Waals surface area contributed by atoms with Crippen molar-refractivity contribution >= 4 is 27.5 Å². The largest absolute Gasteiger partial charge is 0.478 e. The summed E-state index contributed by atoms with van der Waals surface area (Å²) in [5.74, 6) is -0.0495. The van der Waals surface area contributed by atoms with Gasteiger partial charge in [0.25, 0.3) is 5.56 Å². The molecule has 0 aliphatic heterocycles. The summed E-state index contributed by atoms with van der Waals surface area (Å²) < 4.78 is 1.61. The van der Waals surface area contributed by atoms with Crippen LogP contribution in [-0.4, -0.2) is 20.6 Å². The van der Waals surface area contributed by atoms with Crippen molar-refractivity contribution in [2.45, 2.75) is 32.7 Å².